The molecule has 2 rings (SSSR count). The second kappa shape index (κ2) is 4.68. The van der Waals surface area contributed by atoms with Gasteiger partial charge in [0.15, 0.2) is 0 Å². The van der Waals surface area contributed by atoms with Gasteiger partial charge < -0.3 is 15.7 Å². The maximum absolute atomic E-state index is 11.7. The molecule has 0 heterocycles. The van der Waals surface area contributed by atoms with Crippen molar-refractivity contribution in [3.63, 3.8) is 0 Å². The van der Waals surface area contributed by atoms with Gasteiger partial charge in [0.05, 0.1) is 6.42 Å². The molecule has 18 heavy (non-hydrogen) atoms. The molecule has 1 aromatic carbocycles. The summed E-state index contributed by atoms with van der Waals surface area (Å²) in [4.78, 5) is 22.5. The van der Waals surface area contributed by atoms with Gasteiger partial charge in [-0.05, 0) is 31.4 Å². The van der Waals surface area contributed by atoms with Crippen LogP contribution in [0.15, 0.2) is 24.3 Å². The van der Waals surface area contributed by atoms with Crippen LogP contribution >= 0.6 is 0 Å². The van der Waals surface area contributed by atoms with Crippen LogP contribution in [0.4, 0.5) is 10.5 Å². The fourth-order valence-electron chi connectivity index (χ4n) is 1.70. The molecule has 0 aromatic heterocycles. The molecule has 0 aliphatic heterocycles. The lowest BCUT2D eigenvalue weighted by Crippen LogP contribution is -2.37. The highest BCUT2D eigenvalue weighted by atomic mass is 16.4. The molecule has 1 aromatic rings. The number of anilines is 1. The van der Waals surface area contributed by atoms with Crippen molar-refractivity contribution in [1.29, 1.82) is 0 Å². The van der Waals surface area contributed by atoms with E-state index in [0.717, 1.165) is 12.8 Å². The minimum Gasteiger partial charge on any atom is -0.481 e. The fraction of sp³-hybridized carbons (Fsp3) is 0.385. The van der Waals surface area contributed by atoms with Crippen molar-refractivity contribution in [1.82, 2.24) is 5.32 Å². The first-order valence-corrected chi connectivity index (χ1v) is 5.87. The first-order valence-electron chi connectivity index (χ1n) is 5.87. The first-order chi connectivity index (χ1) is 8.48. The third-order valence-electron chi connectivity index (χ3n) is 3.02. The molecule has 0 bridgehead atoms. The van der Waals surface area contributed by atoms with Gasteiger partial charge in [-0.2, -0.15) is 0 Å². The molecule has 0 saturated heterocycles. The zero-order chi connectivity index (χ0) is 13.2. The molecule has 1 fully saturated rings. The van der Waals surface area contributed by atoms with Crippen LogP contribution in [0.1, 0.15) is 25.3 Å². The van der Waals surface area contributed by atoms with E-state index in [2.05, 4.69) is 10.6 Å². The number of amides is 2. The Balaban J connectivity index is 2.03. The highest BCUT2D eigenvalue weighted by Gasteiger charge is 2.38. The molecule has 96 valence electrons. The van der Waals surface area contributed by atoms with E-state index < -0.39 is 5.97 Å². The Morgan fingerprint density at radius 2 is 2.00 bits per heavy atom. The van der Waals surface area contributed by atoms with Crippen LogP contribution in [0.3, 0.4) is 0 Å². The Morgan fingerprint density at radius 3 is 2.61 bits per heavy atom. The number of carboxylic acid groups (broad SMARTS) is 1. The van der Waals surface area contributed by atoms with Crippen molar-refractivity contribution in [3.05, 3.63) is 29.8 Å². The van der Waals surface area contributed by atoms with Gasteiger partial charge in [-0.3, -0.25) is 4.79 Å². The van der Waals surface area contributed by atoms with Crippen molar-refractivity contribution in [2.24, 2.45) is 0 Å². The van der Waals surface area contributed by atoms with Crippen LogP contribution in [0.2, 0.25) is 0 Å². The van der Waals surface area contributed by atoms with Crippen molar-refractivity contribution in [2.45, 2.75) is 31.7 Å². The highest BCUT2D eigenvalue weighted by molar-refractivity contribution is 5.91. The van der Waals surface area contributed by atoms with Gasteiger partial charge in [-0.1, -0.05) is 18.2 Å². The minimum atomic E-state index is -0.918. The molecular weight excluding hydrogens is 232 g/mol. The van der Waals surface area contributed by atoms with Crippen molar-refractivity contribution in [3.8, 4) is 0 Å². The third-order valence-corrected chi connectivity index (χ3v) is 3.02. The van der Waals surface area contributed by atoms with Gasteiger partial charge in [-0.15, -0.1) is 0 Å². The molecule has 2 amide bonds. The van der Waals surface area contributed by atoms with Crippen molar-refractivity contribution < 1.29 is 14.7 Å². The number of carboxylic acids is 1. The number of aliphatic carboxylic acids is 1. The summed E-state index contributed by atoms with van der Waals surface area (Å²) in [6.45, 7) is 1.98. The lowest BCUT2D eigenvalue weighted by atomic mass is 10.1. The number of hydrogen-bond donors (Lipinski definition) is 3. The summed E-state index contributed by atoms with van der Waals surface area (Å²) < 4.78 is 0. The number of urea groups is 1. The molecular formula is C13H16N2O3. The van der Waals surface area contributed by atoms with Gasteiger partial charge in [0, 0.05) is 11.2 Å². The van der Waals surface area contributed by atoms with Crippen LogP contribution in [0.5, 0.6) is 0 Å². The Hall–Kier alpha value is -2.04. The molecule has 3 N–H and O–H groups in total. The number of nitrogens with one attached hydrogen (secondary N) is 2. The molecule has 0 atom stereocenters. The predicted molar refractivity (Wildman–Crippen MR) is 67.6 cm³/mol. The Kier molecular flexibility index (Phi) is 3.23. The molecule has 0 unspecified atom stereocenters. The number of carbonyl (C=O) groups excluding carboxylic acids is 1. The normalized spacial score (nSPS) is 15.8. The van der Waals surface area contributed by atoms with Gasteiger partial charge in [0.25, 0.3) is 0 Å². The van der Waals surface area contributed by atoms with E-state index >= 15 is 0 Å². The number of carbonyl (C=O) groups is 2. The van der Waals surface area contributed by atoms with Crippen LogP contribution in [-0.2, 0) is 11.2 Å². The van der Waals surface area contributed by atoms with E-state index in [9.17, 15) is 9.59 Å². The Morgan fingerprint density at radius 1 is 1.33 bits per heavy atom. The van der Waals surface area contributed by atoms with E-state index in [1.807, 2.05) is 6.92 Å². The van der Waals surface area contributed by atoms with E-state index in [4.69, 9.17) is 5.11 Å². The number of hydrogen-bond acceptors (Lipinski definition) is 2. The second-order valence-corrected chi connectivity index (χ2v) is 4.87. The second-order valence-electron chi connectivity index (χ2n) is 4.87. The SMILES string of the molecule is CC1(NC(=O)Nc2ccccc2CC(=O)O)CC1. The third kappa shape index (κ3) is 3.23. The average molecular weight is 248 g/mol. The summed E-state index contributed by atoms with van der Waals surface area (Å²) in [5, 5.41) is 14.4. The maximum atomic E-state index is 11.7. The average Bonchev–Trinajstić information content (AvgIpc) is 2.98. The van der Waals surface area contributed by atoms with Gasteiger partial charge in [0.2, 0.25) is 0 Å². The van der Waals surface area contributed by atoms with Gasteiger partial charge in [-0.25, -0.2) is 4.79 Å². The largest absolute Gasteiger partial charge is 0.481 e. The zero-order valence-electron chi connectivity index (χ0n) is 10.2. The molecule has 1 aliphatic carbocycles. The predicted octanol–water partition coefficient (Wildman–Crippen LogP) is 1.99. The van der Waals surface area contributed by atoms with Crippen molar-refractivity contribution >= 4 is 17.7 Å². The minimum absolute atomic E-state index is 0.0914. The molecule has 5 nitrogen and oxygen atoms in total. The van der Waals surface area contributed by atoms with Crippen LogP contribution in [0, 0.1) is 0 Å². The molecule has 5 heteroatoms. The quantitative estimate of drug-likeness (QED) is 0.762. The number of benzene rings is 1. The lowest BCUT2D eigenvalue weighted by Gasteiger charge is -2.14. The fourth-order valence-corrected chi connectivity index (χ4v) is 1.70. The van der Waals surface area contributed by atoms with Gasteiger partial charge >= 0.3 is 12.0 Å². The summed E-state index contributed by atoms with van der Waals surface area (Å²) in [7, 11) is 0. The highest BCUT2D eigenvalue weighted by Crippen LogP contribution is 2.34. The summed E-state index contributed by atoms with van der Waals surface area (Å²) in [6, 6.07) is 6.63. The Labute approximate surface area is 105 Å². The first kappa shape index (κ1) is 12.4. The number of rotatable bonds is 4. The summed E-state index contributed by atoms with van der Waals surface area (Å²) in [6.07, 6.45) is 1.86. The monoisotopic (exact) mass is 248 g/mol. The van der Waals surface area contributed by atoms with E-state index in [1.54, 1.807) is 24.3 Å². The van der Waals surface area contributed by atoms with E-state index in [1.165, 1.54) is 0 Å². The molecule has 1 saturated carbocycles. The van der Waals surface area contributed by atoms with Crippen LogP contribution in [0.25, 0.3) is 0 Å². The summed E-state index contributed by atoms with van der Waals surface area (Å²) in [5.41, 5.74) is 1.05. The summed E-state index contributed by atoms with van der Waals surface area (Å²) >= 11 is 0. The topological polar surface area (TPSA) is 78.4 Å². The molecule has 1 aliphatic rings. The maximum Gasteiger partial charge on any atom is 0.319 e. The smallest absolute Gasteiger partial charge is 0.319 e. The van der Waals surface area contributed by atoms with E-state index in [0.29, 0.717) is 11.3 Å². The van der Waals surface area contributed by atoms with Crippen LogP contribution < -0.4 is 10.6 Å². The number of para-hydroxylation sites is 1. The zero-order valence-corrected chi connectivity index (χ0v) is 10.2. The molecule has 0 spiro atoms. The van der Waals surface area contributed by atoms with E-state index in [-0.39, 0.29) is 18.0 Å². The lowest BCUT2D eigenvalue weighted by molar-refractivity contribution is -0.136. The molecule has 0 radical (unpaired) electrons. The van der Waals surface area contributed by atoms with Crippen LogP contribution in [-0.4, -0.2) is 22.6 Å². The van der Waals surface area contributed by atoms with Crippen molar-refractivity contribution in [2.75, 3.05) is 5.32 Å². The van der Waals surface area contributed by atoms with Gasteiger partial charge in [0.1, 0.15) is 0 Å². The standard InChI is InChI=1S/C13H16N2O3/c1-13(6-7-13)15-12(18)14-10-5-3-2-4-9(10)8-11(16)17/h2-5H,6-8H2,1H3,(H,16,17)(H2,14,15,18). The Bertz CT molecular complexity index is 481. The summed E-state index contributed by atoms with van der Waals surface area (Å²) in [5.74, 6) is -0.918.